The van der Waals surface area contributed by atoms with Crippen LogP contribution in [0, 0.1) is 0 Å². The lowest BCUT2D eigenvalue weighted by Gasteiger charge is -2.34. The summed E-state index contributed by atoms with van der Waals surface area (Å²) < 4.78 is 13.0. The largest absolute Gasteiger partial charge is 0.454 e. The van der Waals surface area contributed by atoms with Crippen molar-refractivity contribution in [2.75, 3.05) is 46.4 Å². The molecule has 0 N–H and O–H groups in total. The molecule has 1 aliphatic rings. The Bertz CT molecular complexity index is 1120. The first-order valence-electron chi connectivity index (χ1n) is 12.6. The van der Waals surface area contributed by atoms with Gasteiger partial charge in [-0.3, -0.25) is 14.5 Å². The first-order chi connectivity index (χ1) is 17.6. The van der Waals surface area contributed by atoms with Crippen molar-refractivity contribution in [3.8, 4) is 0 Å². The van der Waals surface area contributed by atoms with E-state index in [-0.39, 0.29) is 18.4 Å². The highest BCUT2D eigenvalue weighted by Gasteiger charge is 2.24. The molecule has 0 bridgehead atoms. The second kappa shape index (κ2) is 12.6. The van der Waals surface area contributed by atoms with Crippen LogP contribution in [0.5, 0.6) is 0 Å². The van der Waals surface area contributed by atoms with Gasteiger partial charge in [-0.2, -0.15) is 0 Å². The maximum absolute atomic E-state index is 13.1. The van der Waals surface area contributed by atoms with Gasteiger partial charge in [0.15, 0.2) is 5.76 Å². The Hall–Kier alpha value is -3.36. The van der Waals surface area contributed by atoms with Crippen LogP contribution in [0.1, 0.15) is 40.9 Å². The van der Waals surface area contributed by atoms with Crippen LogP contribution in [-0.4, -0.2) is 77.5 Å². The summed E-state index contributed by atoms with van der Waals surface area (Å²) in [6.07, 6.45) is 2.84. The van der Waals surface area contributed by atoms with Gasteiger partial charge in [0.2, 0.25) is 5.91 Å². The highest BCUT2D eigenvalue weighted by atomic mass is 16.5. The lowest BCUT2D eigenvalue weighted by atomic mass is 10.2. The molecule has 1 aromatic carbocycles. The molecule has 0 spiro atoms. The second-order valence-corrected chi connectivity index (χ2v) is 9.20. The van der Waals surface area contributed by atoms with E-state index < -0.39 is 0 Å². The number of furan rings is 1. The van der Waals surface area contributed by atoms with Crippen molar-refractivity contribution in [2.45, 2.75) is 33.0 Å². The van der Waals surface area contributed by atoms with E-state index in [2.05, 4.69) is 40.7 Å². The van der Waals surface area contributed by atoms with E-state index in [9.17, 15) is 9.59 Å². The molecule has 2 amide bonds. The number of rotatable bonds is 11. The molecule has 2 aromatic heterocycles. The number of nitrogens with zero attached hydrogens (tertiary/aromatic N) is 4. The van der Waals surface area contributed by atoms with Crippen LogP contribution in [-0.2, 0) is 29.2 Å². The molecular weight excluding hydrogens is 456 g/mol. The molecule has 36 heavy (non-hydrogen) atoms. The molecule has 3 aromatic rings. The molecule has 0 radical (unpaired) electrons. The van der Waals surface area contributed by atoms with Gasteiger partial charge in [-0.25, -0.2) is 0 Å². The predicted molar refractivity (Wildman–Crippen MR) is 137 cm³/mol. The topological polar surface area (TPSA) is 71.2 Å². The van der Waals surface area contributed by atoms with Gasteiger partial charge in [-0.1, -0.05) is 37.3 Å². The van der Waals surface area contributed by atoms with Crippen molar-refractivity contribution >= 4 is 11.8 Å². The molecule has 0 unspecified atom stereocenters. The van der Waals surface area contributed by atoms with Gasteiger partial charge in [0.25, 0.3) is 5.91 Å². The van der Waals surface area contributed by atoms with Crippen molar-refractivity contribution in [3.05, 3.63) is 83.6 Å². The normalized spacial score (nSPS) is 14.2. The number of hydrogen-bond donors (Lipinski definition) is 0. The van der Waals surface area contributed by atoms with Gasteiger partial charge in [-0.05, 0) is 36.2 Å². The number of carbonyl (C=O) groups excluding carboxylic acids is 2. The maximum Gasteiger partial charge on any atom is 0.289 e. The van der Waals surface area contributed by atoms with E-state index in [1.165, 1.54) is 12.7 Å². The molecule has 1 fully saturated rings. The summed E-state index contributed by atoms with van der Waals surface area (Å²) in [6.45, 7) is 7.76. The second-order valence-electron chi connectivity index (χ2n) is 9.20. The fraction of sp³-hybridized carbons (Fsp3) is 0.429. The van der Waals surface area contributed by atoms with Crippen LogP contribution in [0.2, 0.25) is 0 Å². The summed E-state index contributed by atoms with van der Waals surface area (Å²) in [6, 6.07) is 18.0. The Morgan fingerprint density at radius 1 is 0.972 bits per heavy atom. The van der Waals surface area contributed by atoms with Gasteiger partial charge >= 0.3 is 0 Å². The maximum atomic E-state index is 13.1. The zero-order valence-electron chi connectivity index (χ0n) is 21.3. The fourth-order valence-corrected chi connectivity index (χ4v) is 4.57. The van der Waals surface area contributed by atoms with E-state index >= 15 is 0 Å². The Labute approximate surface area is 213 Å². The smallest absolute Gasteiger partial charge is 0.289 e. The Morgan fingerprint density at radius 2 is 1.75 bits per heavy atom. The van der Waals surface area contributed by atoms with Gasteiger partial charge in [-0.15, -0.1) is 0 Å². The molecule has 8 heteroatoms. The van der Waals surface area contributed by atoms with Crippen LogP contribution in [0.25, 0.3) is 0 Å². The van der Waals surface area contributed by atoms with Gasteiger partial charge < -0.3 is 23.5 Å². The van der Waals surface area contributed by atoms with Crippen LogP contribution in [0.15, 0.2) is 65.2 Å². The lowest BCUT2D eigenvalue weighted by Crippen LogP contribution is -2.48. The van der Waals surface area contributed by atoms with Gasteiger partial charge in [0.05, 0.1) is 13.1 Å². The highest BCUT2D eigenvalue weighted by molar-refractivity contribution is 5.91. The van der Waals surface area contributed by atoms with Crippen LogP contribution >= 0.6 is 0 Å². The summed E-state index contributed by atoms with van der Waals surface area (Å²) in [5.74, 6) is 0.997. The minimum absolute atomic E-state index is 0.0261. The van der Waals surface area contributed by atoms with Crippen molar-refractivity contribution in [3.63, 3.8) is 0 Å². The molecule has 0 atom stereocenters. The first kappa shape index (κ1) is 25.7. The number of aromatic nitrogens is 1. The van der Waals surface area contributed by atoms with Crippen LogP contribution in [0.4, 0.5) is 0 Å². The van der Waals surface area contributed by atoms with Crippen molar-refractivity contribution in [1.82, 2.24) is 19.3 Å². The molecule has 8 nitrogen and oxygen atoms in total. The minimum Gasteiger partial charge on any atom is -0.454 e. The van der Waals surface area contributed by atoms with Gasteiger partial charge in [0, 0.05) is 58.3 Å². The van der Waals surface area contributed by atoms with Crippen molar-refractivity contribution < 1.29 is 18.7 Å². The molecule has 0 aliphatic carbocycles. The van der Waals surface area contributed by atoms with Crippen molar-refractivity contribution in [2.24, 2.45) is 0 Å². The van der Waals surface area contributed by atoms with Crippen molar-refractivity contribution in [1.29, 1.82) is 0 Å². The molecule has 1 aliphatic heterocycles. The number of hydrogen-bond acceptors (Lipinski definition) is 5. The fourth-order valence-electron chi connectivity index (χ4n) is 4.57. The Balaban J connectivity index is 1.32. The number of amides is 2. The van der Waals surface area contributed by atoms with E-state index in [0.717, 1.165) is 31.7 Å². The quantitative estimate of drug-likeness (QED) is 0.410. The third-order valence-electron chi connectivity index (χ3n) is 6.50. The van der Waals surface area contributed by atoms with E-state index in [1.807, 2.05) is 40.3 Å². The summed E-state index contributed by atoms with van der Waals surface area (Å²) >= 11 is 0. The average Bonchev–Trinajstić information content (AvgIpc) is 3.54. The Kier molecular flexibility index (Phi) is 8.97. The van der Waals surface area contributed by atoms with Crippen LogP contribution in [0.3, 0.4) is 0 Å². The van der Waals surface area contributed by atoms with Crippen LogP contribution < -0.4 is 0 Å². The molecule has 1 saturated heterocycles. The average molecular weight is 493 g/mol. The molecule has 0 saturated carbocycles. The monoisotopic (exact) mass is 492 g/mol. The lowest BCUT2D eigenvalue weighted by molar-refractivity contribution is -0.135. The summed E-state index contributed by atoms with van der Waals surface area (Å²) in [4.78, 5) is 31.5. The third kappa shape index (κ3) is 6.65. The van der Waals surface area contributed by atoms with E-state index in [1.54, 1.807) is 6.07 Å². The highest BCUT2D eigenvalue weighted by Crippen LogP contribution is 2.17. The number of ether oxygens (including phenoxy) is 1. The summed E-state index contributed by atoms with van der Waals surface area (Å²) in [5, 5.41) is 0. The summed E-state index contributed by atoms with van der Waals surface area (Å²) in [7, 11) is 1.53. The number of benzene rings is 1. The number of piperazine rings is 1. The predicted octanol–water partition coefficient (Wildman–Crippen LogP) is 3.47. The van der Waals surface area contributed by atoms with E-state index in [0.29, 0.717) is 44.2 Å². The zero-order valence-corrected chi connectivity index (χ0v) is 21.3. The number of methoxy groups -OCH3 is 1. The summed E-state index contributed by atoms with van der Waals surface area (Å²) in [5.41, 5.74) is 2.30. The minimum atomic E-state index is -0.0624. The van der Waals surface area contributed by atoms with Gasteiger partial charge in [0.1, 0.15) is 12.4 Å². The molecular formula is C28H36N4O4. The number of carbonyl (C=O) groups is 2. The Morgan fingerprint density at radius 3 is 2.47 bits per heavy atom. The SMILES string of the molecule is CCCN(Cc1cccn1Cc1ccc(C(=O)N2CCN(Cc3ccccc3)CC2)o1)C(=O)COC. The molecule has 192 valence electrons. The zero-order chi connectivity index (χ0) is 25.3. The molecule has 3 heterocycles. The standard InChI is InChI=1S/C28H36N4O4/c1-3-13-32(27(33)22-35-2)20-24-10-7-14-31(24)21-25-11-12-26(36-25)28(34)30-17-15-29(16-18-30)19-23-8-5-4-6-9-23/h4-12,14H,3,13,15-22H2,1-2H3. The van der Waals surface area contributed by atoms with E-state index in [4.69, 9.17) is 9.15 Å². The third-order valence-corrected chi connectivity index (χ3v) is 6.50. The molecule has 4 rings (SSSR count). The first-order valence-corrected chi connectivity index (χ1v) is 12.6.